The Labute approximate surface area is 107 Å². The zero-order valence-corrected chi connectivity index (χ0v) is 11.2. The average Bonchev–Trinajstić information content (AvgIpc) is 2.31. The molecule has 0 N–H and O–H groups in total. The average molecular weight is 256 g/mol. The fraction of sp³-hybridized carbons (Fsp3) is 0.462. The van der Waals surface area contributed by atoms with Gasteiger partial charge >= 0.3 is 5.97 Å². The Morgan fingerprint density at radius 2 is 2.12 bits per heavy atom. The summed E-state index contributed by atoms with van der Waals surface area (Å²) >= 11 is 6.08. The Morgan fingerprint density at radius 3 is 2.71 bits per heavy atom. The van der Waals surface area contributed by atoms with E-state index in [4.69, 9.17) is 16.3 Å². The lowest BCUT2D eigenvalue weighted by molar-refractivity contribution is -0.145. The highest BCUT2D eigenvalue weighted by Crippen LogP contribution is 2.16. The van der Waals surface area contributed by atoms with Gasteiger partial charge < -0.3 is 9.64 Å². The quantitative estimate of drug-likeness (QED) is 0.758. The summed E-state index contributed by atoms with van der Waals surface area (Å²) in [6.45, 7) is 3.23. The van der Waals surface area contributed by atoms with Gasteiger partial charge in [0.25, 0.3) is 0 Å². The molecule has 0 aliphatic rings. The number of carbonyl (C=O) groups is 1. The molecule has 0 saturated heterocycles. The van der Waals surface area contributed by atoms with Gasteiger partial charge in [-0.1, -0.05) is 36.7 Å². The van der Waals surface area contributed by atoms with Crippen LogP contribution in [-0.4, -0.2) is 31.6 Å². The third-order valence-electron chi connectivity index (χ3n) is 2.59. The van der Waals surface area contributed by atoms with Crippen molar-refractivity contribution in [3.8, 4) is 0 Å². The minimum atomic E-state index is -0.184. The number of halogens is 1. The van der Waals surface area contributed by atoms with Crippen LogP contribution in [0.3, 0.4) is 0 Å². The van der Waals surface area contributed by atoms with Crippen molar-refractivity contribution in [3.63, 3.8) is 0 Å². The Balaban J connectivity index is 2.53. The molecule has 0 saturated carbocycles. The van der Waals surface area contributed by atoms with Crippen LogP contribution in [0.2, 0.25) is 5.02 Å². The standard InChI is InChI=1S/C13H18ClNO2/c1-10(13(16)17-3)8-15(2)9-11-6-4-5-7-12(11)14/h4-7,10H,8-9H2,1-3H3. The first-order valence-electron chi connectivity index (χ1n) is 5.54. The maximum Gasteiger partial charge on any atom is 0.309 e. The maximum absolute atomic E-state index is 11.3. The van der Waals surface area contributed by atoms with Crippen molar-refractivity contribution in [1.82, 2.24) is 4.90 Å². The molecule has 17 heavy (non-hydrogen) atoms. The van der Waals surface area contributed by atoms with Gasteiger partial charge in [0.1, 0.15) is 0 Å². The minimum Gasteiger partial charge on any atom is -0.469 e. The van der Waals surface area contributed by atoms with E-state index in [1.807, 2.05) is 38.2 Å². The molecule has 1 aromatic carbocycles. The second-order valence-corrected chi connectivity index (χ2v) is 4.62. The van der Waals surface area contributed by atoms with E-state index < -0.39 is 0 Å². The third kappa shape index (κ3) is 4.36. The predicted molar refractivity (Wildman–Crippen MR) is 69.0 cm³/mol. The number of esters is 1. The fourth-order valence-corrected chi connectivity index (χ4v) is 1.92. The van der Waals surface area contributed by atoms with Gasteiger partial charge in [-0.15, -0.1) is 0 Å². The summed E-state index contributed by atoms with van der Waals surface area (Å²) in [4.78, 5) is 13.4. The molecule has 1 rings (SSSR count). The summed E-state index contributed by atoms with van der Waals surface area (Å²) in [5.41, 5.74) is 1.06. The third-order valence-corrected chi connectivity index (χ3v) is 2.96. The number of nitrogens with zero attached hydrogens (tertiary/aromatic N) is 1. The maximum atomic E-state index is 11.3. The number of carbonyl (C=O) groups excluding carboxylic acids is 1. The van der Waals surface area contributed by atoms with Crippen molar-refractivity contribution in [2.24, 2.45) is 5.92 Å². The summed E-state index contributed by atoms with van der Waals surface area (Å²) in [5, 5.41) is 0.755. The Kier molecular flexibility index (Phi) is 5.45. The van der Waals surface area contributed by atoms with Crippen LogP contribution in [0.25, 0.3) is 0 Å². The van der Waals surface area contributed by atoms with E-state index in [0.29, 0.717) is 6.54 Å². The van der Waals surface area contributed by atoms with Gasteiger partial charge in [0.05, 0.1) is 13.0 Å². The van der Waals surface area contributed by atoms with Crippen LogP contribution in [0.1, 0.15) is 12.5 Å². The molecule has 0 aromatic heterocycles. The van der Waals surface area contributed by atoms with E-state index in [9.17, 15) is 4.79 Å². The van der Waals surface area contributed by atoms with E-state index in [1.165, 1.54) is 7.11 Å². The number of benzene rings is 1. The topological polar surface area (TPSA) is 29.5 Å². The smallest absolute Gasteiger partial charge is 0.309 e. The van der Waals surface area contributed by atoms with Gasteiger partial charge in [0.15, 0.2) is 0 Å². The Morgan fingerprint density at radius 1 is 1.47 bits per heavy atom. The van der Waals surface area contributed by atoms with Crippen LogP contribution in [0, 0.1) is 5.92 Å². The molecule has 0 spiro atoms. The highest BCUT2D eigenvalue weighted by Gasteiger charge is 2.15. The second-order valence-electron chi connectivity index (χ2n) is 4.21. The molecule has 1 aromatic rings. The van der Waals surface area contributed by atoms with E-state index in [1.54, 1.807) is 0 Å². The van der Waals surface area contributed by atoms with Crippen molar-refractivity contribution in [2.45, 2.75) is 13.5 Å². The second kappa shape index (κ2) is 6.62. The first-order valence-corrected chi connectivity index (χ1v) is 5.92. The summed E-state index contributed by atoms with van der Waals surface area (Å²) in [7, 11) is 3.37. The van der Waals surface area contributed by atoms with Crippen LogP contribution in [0.5, 0.6) is 0 Å². The predicted octanol–water partition coefficient (Wildman–Crippen LogP) is 2.58. The van der Waals surface area contributed by atoms with Crippen molar-refractivity contribution in [3.05, 3.63) is 34.9 Å². The molecule has 1 atom stereocenters. The molecule has 4 heteroatoms. The summed E-state index contributed by atoms with van der Waals surface area (Å²) < 4.78 is 4.70. The van der Waals surface area contributed by atoms with Gasteiger partial charge in [-0.2, -0.15) is 0 Å². The zero-order valence-electron chi connectivity index (χ0n) is 10.4. The van der Waals surface area contributed by atoms with E-state index in [-0.39, 0.29) is 11.9 Å². The highest BCUT2D eigenvalue weighted by atomic mass is 35.5. The molecule has 0 aliphatic heterocycles. The lowest BCUT2D eigenvalue weighted by atomic mass is 10.1. The molecule has 0 amide bonds. The van der Waals surface area contributed by atoms with Crippen LogP contribution in [0.15, 0.2) is 24.3 Å². The van der Waals surface area contributed by atoms with E-state index in [2.05, 4.69) is 4.90 Å². The van der Waals surface area contributed by atoms with E-state index in [0.717, 1.165) is 17.1 Å². The lowest BCUT2D eigenvalue weighted by Gasteiger charge is -2.20. The van der Waals surface area contributed by atoms with Crippen molar-refractivity contribution >= 4 is 17.6 Å². The molecule has 0 heterocycles. The van der Waals surface area contributed by atoms with Crippen molar-refractivity contribution in [1.29, 1.82) is 0 Å². The lowest BCUT2D eigenvalue weighted by Crippen LogP contribution is -2.29. The molecule has 0 radical (unpaired) electrons. The van der Waals surface area contributed by atoms with Crippen molar-refractivity contribution < 1.29 is 9.53 Å². The molecule has 0 bridgehead atoms. The van der Waals surface area contributed by atoms with Gasteiger partial charge in [0.2, 0.25) is 0 Å². The van der Waals surface area contributed by atoms with Crippen LogP contribution in [-0.2, 0) is 16.1 Å². The van der Waals surface area contributed by atoms with Gasteiger partial charge in [-0.05, 0) is 18.7 Å². The Hall–Kier alpha value is -1.06. The van der Waals surface area contributed by atoms with Crippen molar-refractivity contribution in [2.75, 3.05) is 20.7 Å². The fourth-order valence-electron chi connectivity index (χ4n) is 1.73. The van der Waals surface area contributed by atoms with Gasteiger partial charge in [-0.3, -0.25) is 4.79 Å². The monoisotopic (exact) mass is 255 g/mol. The van der Waals surface area contributed by atoms with Gasteiger partial charge in [0, 0.05) is 18.1 Å². The number of methoxy groups -OCH3 is 1. The molecule has 0 fully saturated rings. The summed E-state index contributed by atoms with van der Waals surface area (Å²) in [6, 6.07) is 7.72. The molecule has 0 aliphatic carbocycles. The SMILES string of the molecule is COC(=O)C(C)CN(C)Cc1ccccc1Cl. The first-order chi connectivity index (χ1) is 8.04. The molecular formula is C13H18ClNO2. The highest BCUT2D eigenvalue weighted by molar-refractivity contribution is 6.31. The normalized spacial score (nSPS) is 12.5. The number of ether oxygens (including phenoxy) is 1. The molecular weight excluding hydrogens is 238 g/mol. The van der Waals surface area contributed by atoms with Crippen LogP contribution in [0.4, 0.5) is 0 Å². The molecule has 94 valence electrons. The number of hydrogen-bond donors (Lipinski definition) is 0. The minimum absolute atomic E-state index is 0.132. The van der Waals surface area contributed by atoms with Crippen LogP contribution < -0.4 is 0 Å². The number of rotatable bonds is 5. The Bertz CT molecular complexity index is 381. The van der Waals surface area contributed by atoms with Gasteiger partial charge in [-0.25, -0.2) is 0 Å². The number of hydrogen-bond acceptors (Lipinski definition) is 3. The zero-order chi connectivity index (χ0) is 12.8. The molecule has 3 nitrogen and oxygen atoms in total. The summed E-state index contributed by atoms with van der Waals surface area (Å²) in [6.07, 6.45) is 0. The van der Waals surface area contributed by atoms with E-state index >= 15 is 0 Å². The van der Waals surface area contributed by atoms with Crippen LogP contribution >= 0.6 is 11.6 Å². The largest absolute Gasteiger partial charge is 0.469 e. The first kappa shape index (κ1) is 14.0. The summed E-state index contributed by atoms with van der Waals surface area (Å²) in [5.74, 6) is -0.316. The molecule has 1 unspecified atom stereocenters.